The Balaban J connectivity index is 1.84. The molecule has 1 aromatic carbocycles. The quantitative estimate of drug-likeness (QED) is 0.575. The first-order valence-electron chi connectivity index (χ1n) is 9.39. The van der Waals surface area contributed by atoms with Gasteiger partial charge in [-0.3, -0.25) is 9.97 Å². The van der Waals surface area contributed by atoms with Gasteiger partial charge in [0.25, 0.3) is 0 Å². The molecule has 0 spiro atoms. The lowest BCUT2D eigenvalue weighted by atomic mass is 9.76. The topological polar surface area (TPSA) is 83.2 Å². The van der Waals surface area contributed by atoms with Crippen LogP contribution in [-0.4, -0.2) is 29.2 Å². The normalized spacial score (nSPS) is 14.9. The largest absolute Gasteiger partial charge is 0.497 e. The van der Waals surface area contributed by atoms with Crippen LogP contribution in [-0.2, 0) is 6.42 Å². The van der Waals surface area contributed by atoms with Gasteiger partial charge in [-0.1, -0.05) is 0 Å². The summed E-state index contributed by atoms with van der Waals surface area (Å²) in [6.45, 7) is 0. The van der Waals surface area contributed by atoms with Crippen molar-refractivity contribution in [3.63, 3.8) is 0 Å². The minimum absolute atomic E-state index is 0.0712. The highest BCUT2D eigenvalue weighted by Crippen LogP contribution is 2.46. The number of rotatable bonds is 3. The summed E-state index contributed by atoms with van der Waals surface area (Å²) in [6, 6.07) is 10.1. The molecule has 1 aliphatic rings. The van der Waals surface area contributed by atoms with Crippen LogP contribution >= 0.6 is 0 Å². The van der Waals surface area contributed by atoms with E-state index < -0.39 is 0 Å². The summed E-state index contributed by atoms with van der Waals surface area (Å²) in [5.41, 5.74) is 11.6. The van der Waals surface area contributed by atoms with E-state index in [0.717, 1.165) is 51.1 Å². The van der Waals surface area contributed by atoms with E-state index in [4.69, 9.17) is 20.2 Å². The lowest BCUT2D eigenvalue weighted by Gasteiger charge is -2.29. The van der Waals surface area contributed by atoms with E-state index in [9.17, 15) is 0 Å². The Hall–Kier alpha value is -3.67. The molecule has 6 heteroatoms. The molecule has 1 aliphatic carbocycles. The van der Waals surface area contributed by atoms with Crippen molar-refractivity contribution >= 4 is 16.6 Å². The van der Waals surface area contributed by atoms with Crippen molar-refractivity contribution in [3.05, 3.63) is 71.8 Å². The predicted molar refractivity (Wildman–Crippen MR) is 112 cm³/mol. The summed E-state index contributed by atoms with van der Waals surface area (Å²) >= 11 is 0. The second-order valence-corrected chi connectivity index (χ2v) is 7.12. The monoisotopic (exact) mass is 384 g/mol. The van der Waals surface area contributed by atoms with Crippen LogP contribution in [0.1, 0.15) is 22.6 Å². The maximum atomic E-state index is 6.30. The second kappa shape index (κ2) is 6.74. The Bertz CT molecular complexity index is 1220. The average Bonchev–Trinajstić information content (AvgIpc) is 2.78. The minimum Gasteiger partial charge on any atom is -0.497 e. The van der Waals surface area contributed by atoms with E-state index >= 15 is 0 Å². The van der Waals surface area contributed by atoms with Crippen LogP contribution in [0.25, 0.3) is 22.0 Å². The van der Waals surface area contributed by atoms with Gasteiger partial charge >= 0.3 is 0 Å². The molecule has 1 unspecified atom stereocenters. The Kier molecular flexibility index (Phi) is 4.05. The van der Waals surface area contributed by atoms with E-state index in [1.54, 1.807) is 26.6 Å². The van der Waals surface area contributed by atoms with Gasteiger partial charge in [0.2, 0.25) is 0 Å². The van der Waals surface area contributed by atoms with E-state index in [1.807, 2.05) is 24.5 Å². The van der Waals surface area contributed by atoms with Crippen LogP contribution in [0, 0.1) is 0 Å². The number of nitrogens with two attached hydrogens (primary N) is 1. The van der Waals surface area contributed by atoms with Crippen molar-refractivity contribution in [1.82, 2.24) is 15.0 Å². The van der Waals surface area contributed by atoms with Crippen LogP contribution in [0.2, 0.25) is 0 Å². The highest BCUT2D eigenvalue weighted by Gasteiger charge is 2.30. The molecule has 1 atom stereocenters. The number of methoxy groups -OCH3 is 2. The number of benzene rings is 1. The molecule has 0 bridgehead atoms. The lowest BCUT2D eigenvalue weighted by Crippen LogP contribution is -2.16. The van der Waals surface area contributed by atoms with Gasteiger partial charge < -0.3 is 15.2 Å². The van der Waals surface area contributed by atoms with E-state index in [0.29, 0.717) is 5.82 Å². The van der Waals surface area contributed by atoms with Crippen LogP contribution in [0.5, 0.6) is 11.5 Å². The van der Waals surface area contributed by atoms with Gasteiger partial charge in [0, 0.05) is 47.7 Å². The zero-order valence-corrected chi connectivity index (χ0v) is 16.2. The minimum atomic E-state index is 0.0712. The fraction of sp³-hybridized carbons (Fsp3) is 0.174. The molecule has 3 aromatic heterocycles. The van der Waals surface area contributed by atoms with Gasteiger partial charge in [-0.25, -0.2) is 4.98 Å². The predicted octanol–water partition coefficient (Wildman–Crippen LogP) is 3.98. The number of fused-ring (bicyclic) bond motifs is 5. The molecule has 29 heavy (non-hydrogen) atoms. The number of anilines is 1. The SMILES string of the molecule is COc1cc(OC)cc(C2Cc3ccncc3-c3nc(N)c4cnccc4c32)c1. The third kappa shape index (κ3) is 2.76. The van der Waals surface area contributed by atoms with E-state index in [-0.39, 0.29) is 5.92 Å². The molecule has 0 fully saturated rings. The number of pyridine rings is 3. The van der Waals surface area contributed by atoms with Crippen LogP contribution in [0.4, 0.5) is 5.82 Å². The summed E-state index contributed by atoms with van der Waals surface area (Å²) in [4.78, 5) is 13.4. The highest BCUT2D eigenvalue weighted by molar-refractivity contribution is 5.98. The molecular weight excluding hydrogens is 364 g/mol. The molecule has 4 aromatic rings. The van der Waals surface area contributed by atoms with Gasteiger partial charge in [0.1, 0.15) is 17.3 Å². The maximum Gasteiger partial charge on any atom is 0.133 e. The summed E-state index contributed by atoms with van der Waals surface area (Å²) < 4.78 is 11.0. The third-order valence-corrected chi connectivity index (χ3v) is 5.59. The first-order chi connectivity index (χ1) is 14.2. The van der Waals surface area contributed by atoms with Gasteiger partial charge in [-0.05, 0) is 52.8 Å². The third-order valence-electron chi connectivity index (χ3n) is 5.59. The molecule has 6 nitrogen and oxygen atoms in total. The fourth-order valence-corrected chi connectivity index (χ4v) is 4.21. The summed E-state index contributed by atoms with van der Waals surface area (Å²) in [5, 5.41) is 1.92. The smallest absolute Gasteiger partial charge is 0.133 e. The molecule has 0 aliphatic heterocycles. The Morgan fingerprint density at radius 3 is 2.41 bits per heavy atom. The summed E-state index contributed by atoms with van der Waals surface area (Å²) in [7, 11) is 3.33. The van der Waals surface area contributed by atoms with Crippen molar-refractivity contribution in [2.24, 2.45) is 0 Å². The first-order valence-corrected chi connectivity index (χ1v) is 9.39. The second-order valence-electron chi connectivity index (χ2n) is 7.12. The van der Waals surface area contributed by atoms with Gasteiger partial charge in [0.15, 0.2) is 0 Å². The van der Waals surface area contributed by atoms with Gasteiger partial charge in [0.05, 0.1) is 19.9 Å². The zero-order chi connectivity index (χ0) is 20.0. The molecule has 0 radical (unpaired) electrons. The Morgan fingerprint density at radius 2 is 1.66 bits per heavy atom. The Morgan fingerprint density at radius 1 is 0.931 bits per heavy atom. The van der Waals surface area contributed by atoms with Crippen molar-refractivity contribution in [3.8, 4) is 22.8 Å². The number of nitrogen functional groups attached to an aromatic ring is 1. The molecule has 144 valence electrons. The maximum absolute atomic E-state index is 6.30. The highest BCUT2D eigenvalue weighted by atomic mass is 16.5. The van der Waals surface area contributed by atoms with Gasteiger partial charge in [-0.2, -0.15) is 0 Å². The van der Waals surface area contributed by atoms with Crippen LogP contribution < -0.4 is 15.2 Å². The number of nitrogens with zero attached hydrogens (tertiary/aromatic N) is 3. The molecular formula is C23H20N4O2. The average molecular weight is 384 g/mol. The molecule has 5 rings (SSSR count). The van der Waals surface area contributed by atoms with E-state index in [2.05, 4.69) is 28.2 Å². The van der Waals surface area contributed by atoms with E-state index in [1.165, 1.54) is 5.56 Å². The molecule has 0 saturated carbocycles. The van der Waals surface area contributed by atoms with Crippen LogP contribution in [0.3, 0.4) is 0 Å². The standard InChI is InChI=1S/C23H20N4O2/c1-28-15-7-14(8-16(10-15)29-2)18-9-13-3-5-25-11-19(13)22-21(18)17-4-6-26-12-20(17)23(24)27-22/h3-8,10-12,18H,9H2,1-2H3,(H2,24,27). The molecule has 2 N–H and O–H groups in total. The van der Waals surface area contributed by atoms with Crippen molar-refractivity contribution in [2.45, 2.75) is 12.3 Å². The number of hydrogen-bond acceptors (Lipinski definition) is 6. The lowest BCUT2D eigenvalue weighted by molar-refractivity contribution is 0.393. The number of aromatic nitrogens is 3. The first kappa shape index (κ1) is 17.4. The molecule has 0 saturated heterocycles. The fourth-order valence-electron chi connectivity index (χ4n) is 4.21. The van der Waals surface area contributed by atoms with Gasteiger partial charge in [-0.15, -0.1) is 0 Å². The van der Waals surface area contributed by atoms with Crippen LogP contribution in [0.15, 0.2) is 55.1 Å². The van der Waals surface area contributed by atoms with Crippen molar-refractivity contribution in [2.75, 3.05) is 20.0 Å². The molecule has 3 heterocycles. The number of ether oxygens (including phenoxy) is 2. The van der Waals surface area contributed by atoms with Crippen molar-refractivity contribution < 1.29 is 9.47 Å². The van der Waals surface area contributed by atoms with Crippen molar-refractivity contribution in [1.29, 1.82) is 0 Å². The summed E-state index contributed by atoms with van der Waals surface area (Å²) in [5.74, 6) is 2.07. The molecule has 0 amide bonds. The number of hydrogen-bond donors (Lipinski definition) is 1. The zero-order valence-electron chi connectivity index (χ0n) is 16.2. The summed E-state index contributed by atoms with van der Waals surface area (Å²) in [6.07, 6.45) is 8.09. The Labute approximate surface area is 168 Å².